The van der Waals surface area contributed by atoms with Gasteiger partial charge < -0.3 is 10.2 Å². The first kappa shape index (κ1) is 13.1. The SMILES string of the molecule is CCN(CCC(F)(F)F)C1CC2CCC(C1)N2. The zero-order chi connectivity index (χ0) is 12.5. The summed E-state index contributed by atoms with van der Waals surface area (Å²) in [4.78, 5) is 2.01. The third-order valence-electron chi connectivity index (χ3n) is 4.05. The van der Waals surface area contributed by atoms with E-state index < -0.39 is 12.6 Å². The van der Waals surface area contributed by atoms with Crippen LogP contribution in [0.3, 0.4) is 0 Å². The fraction of sp³-hybridized carbons (Fsp3) is 1.00. The first-order valence-electron chi connectivity index (χ1n) is 6.55. The molecule has 0 spiro atoms. The van der Waals surface area contributed by atoms with E-state index in [9.17, 15) is 13.2 Å². The number of halogens is 3. The number of fused-ring (bicyclic) bond motifs is 2. The van der Waals surface area contributed by atoms with Crippen LogP contribution >= 0.6 is 0 Å². The van der Waals surface area contributed by atoms with Gasteiger partial charge in [0.15, 0.2) is 0 Å². The van der Waals surface area contributed by atoms with E-state index in [4.69, 9.17) is 0 Å². The lowest BCUT2D eigenvalue weighted by molar-refractivity contribution is -0.139. The maximum absolute atomic E-state index is 12.2. The molecule has 0 aromatic rings. The van der Waals surface area contributed by atoms with E-state index in [1.807, 2.05) is 11.8 Å². The average molecular weight is 250 g/mol. The van der Waals surface area contributed by atoms with Gasteiger partial charge >= 0.3 is 6.18 Å². The van der Waals surface area contributed by atoms with Crippen LogP contribution in [0, 0.1) is 0 Å². The zero-order valence-electron chi connectivity index (χ0n) is 10.3. The molecule has 5 heteroatoms. The van der Waals surface area contributed by atoms with Crippen LogP contribution in [-0.4, -0.2) is 42.3 Å². The van der Waals surface area contributed by atoms with Crippen molar-refractivity contribution in [2.45, 2.75) is 63.3 Å². The van der Waals surface area contributed by atoms with E-state index >= 15 is 0 Å². The van der Waals surface area contributed by atoms with Crippen molar-refractivity contribution in [3.63, 3.8) is 0 Å². The minimum absolute atomic E-state index is 0.157. The van der Waals surface area contributed by atoms with Gasteiger partial charge in [0.05, 0.1) is 6.42 Å². The number of hydrogen-bond acceptors (Lipinski definition) is 2. The Balaban J connectivity index is 1.85. The first-order valence-corrected chi connectivity index (χ1v) is 6.55. The van der Waals surface area contributed by atoms with Crippen molar-refractivity contribution in [2.24, 2.45) is 0 Å². The van der Waals surface area contributed by atoms with E-state index in [0.717, 1.165) is 19.4 Å². The van der Waals surface area contributed by atoms with Gasteiger partial charge in [0.2, 0.25) is 0 Å². The summed E-state index contributed by atoms with van der Waals surface area (Å²) in [7, 11) is 0. The maximum Gasteiger partial charge on any atom is 0.390 e. The summed E-state index contributed by atoms with van der Waals surface area (Å²) in [6, 6.07) is 1.43. The van der Waals surface area contributed by atoms with E-state index in [0.29, 0.717) is 18.1 Å². The number of piperidine rings is 1. The van der Waals surface area contributed by atoms with Crippen molar-refractivity contribution in [2.75, 3.05) is 13.1 Å². The number of alkyl halides is 3. The molecule has 0 radical (unpaired) electrons. The Morgan fingerprint density at radius 2 is 1.76 bits per heavy atom. The monoisotopic (exact) mass is 250 g/mol. The molecule has 2 fully saturated rings. The van der Waals surface area contributed by atoms with Gasteiger partial charge in [-0.05, 0) is 32.2 Å². The van der Waals surface area contributed by atoms with Crippen LogP contribution in [0.15, 0.2) is 0 Å². The van der Waals surface area contributed by atoms with Gasteiger partial charge in [-0.3, -0.25) is 0 Å². The van der Waals surface area contributed by atoms with E-state index in [1.54, 1.807) is 0 Å². The van der Waals surface area contributed by atoms with Gasteiger partial charge in [-0.25, -0.2) is 0 Å². The van der Waals surface area contributed by atoms with Gasteiger partial charge in [0.25, 0.3) is 0 Å². The molecule has 2 saturated heterocycles. The van der Waals surface area contributed by atoms with Gasteiger partial charge in [0, 0.05) is 24.7 Å². The smallest absolute Gasteiger partial charge is 0.311 e. The molecule has 2 nitrogen and oxygen atoms in total. The third kappa shape index (κ3) is 3.58. The molecule has 0 aliphatic carbocycles. The Hall–Kier alpha value is -0.290. The Morgan fingerprint density at radius 3 is 2.24 bits per heavy atom. The molecule has 0 aromatic heterocycles. The minimum atomic E-state index is -4.03. The minimum Gasteiger partial charge on any atom is -0.311 e. The van der Waals surface area contributed by atoms with Crippen LogP contribution in [0.2, 0.25) is 0 Å². The predicted molar refractivity (Wildman–Crippen MR) is 60.9 cm³/mol. The number of nitrogens with one attached hydrogen (secondary N) is 1. The summed E-state index contributed by atoms with van der Waals surface area (Å²) in [6.45, 7) is 2.84. The van der Waals surface area contributed by atoms with E-state index in [2.05, 4.69) is 5.32 Å². The van der Waals surface area contributed by atoms with Gasteiger partial charge in [0.1, 0.15) is 0 Å². The molecule has 1 N–H and O–H groups in total. The average Bonchev–Trinajstić information content (AvgIpc) is 2.57. The van der Waals surface area contributed by atoms with Crippen LogP contribution in [-0.2, 0) is 0 Å². The zero-order valence-corrected chi connectivity index (χ0v) is 10.3. The highest BCUT2D eigenvalue weighted by atomic mass is 19.4. The molecule has 17 heavy (non-hydrogen) atoms. The molecule has 2 rings (SSSR count). The highest BCUT2D eigenvalue weighted by Gasteiger charge is 2.36. The van der Waals surface area contributed by atoms with E-state index in [-0.39, 0.29) is 6.54 Å². The number of rotatable bonds is 4. The lowest BCUT2D eigenvalue weighted by Gasteiger charge is -2.37. The topological polar surface area (TPSA) is 15.3 Å². The van der Waals surface area contributed by atoms with E-state index in [1.165, 1.54) is 12.8 Å². The van der Waals surface area contributed by atoms with Crippen molar-refractivity contribution in [1.29, 1.82) is 0 Å². The molecular weight excluding hydrogens is 229 g/mol. The molecule has 0 aromatic carbocycles. The molecule has 2 aliphatic heterocycles. The Labute approximate surface area is 101 Å². The molecule has 100 valence electrons. The van der Waals surface area contributed by atoms with Crippen molar-refractivity contribution in [3.8, 4) is 0 Å². The van der Waals surface area contributed by atoms with Crippen molar-refractivity contribution < 1.29 is 13.2 Å². The molecule has 2 aliphatic rings. The Morgan fingerprint density at radius 1 is 1.18 bits per heavy atom. The van der Waals surface area contributed by atoms with Gasteiger partial charge in [-0.2, -0.15) is 13.2 Å². The quantitative estimate of drug-likeness (QED) is 0.825. The van der Waals surface area contributed by atoms with Crippen LogP contribution in [0.4, 0.5) is 13.2 Å². The third-order valence-corrected chi connectivity index (χ3v) is 4.05. The van der Waals surface area contributed by atoms with Crippen LogP contribution in [0.25, 0.3) is 0 Å². The van der Waals surface area contributed by atoms with Crippen LogP contribution in [0.5, 0.6) is 0 Å². The predicted octanol–water partition coefficient (Wildman–Crippen LogP) is 2.54. The van der Waals surface area contributed by atoms with Crippen LogP contribution in [0.1, 0.15) is 39.0 Å². The number of hydrogen-bond donors (Lipinski definition) is 1. The first-order chi connectivity index (χ1) is 7.98. The second kappa shape index (κ2) is 5.14. The largest absolute Gasteiger partial charge is 0.390 e. The highest BCUT2D eigenvalue weighted by Crippen LogP contribution is 2.30. The molecule has 2 atom stereocenters. The molecule has 2 bridgehead atoms. The molecule has 0 saturated carbocycles. The standard InChI is InChI=1S/C12H21F3N2/c1-2-17(6-5-12(13,14)15)11-7-9-3-4-10(8-11)16-9/h9-11,16H,2-8H2,1H3. The maximum atomic E-state index is 12.2. The summed E-state index contributed by atoms with van der Waals surface area (Å²) in [5.41, 5.74) is 0. The molecule has 0 amide bonds. The Bertz CT molecular complexity index is 243. The fourth-order valence-electron chi connectivity index (χ4n) is 3.19. The fourth-order valence-corrected chi connectivity index (χ4v) is 3.19. The summed E-state index contributed by atoms with van der Waals surface area (Å²) in [5, 5.41) is 3.52. The lowest BCUT2D eigenvalue weighted by Crippen LogP contribution is -2.48. The summed E-state index contributed by atoms with van der Waals surface area (Å²) < 4.78 is 36.7. The molecular formula is C12H21F3N2. The lowest BCUT2D eigenvalue weighted by atomic mass is 9.98. The Kier molecular flexibility index (Phi) is 3.98. The molecule has 2 heterocycles. The van der Waals surface area contributed by atoms with Gasteiger partial charge in [-0.1, -0.05) is 6.92 Å². The summed E-state index contributed by atoms with van der Waals surface area (Å²) in [6.07, 6.45) is -0.292. The summed E-state index contributed by atoms with van der Waals surface area (Å²) in [5.74, 6) is 0. The second-order valence-electron chi connectivity index (χ2n) is 5.26. The second-order valence-corrected chi connectivity index (χ2v) is 5.26. The van der Waals surface area contributed by atoms with Crippen LogP contribution < -0.4 is 5.32 Å². The normalized spacial score (nSPS) is 33.4. The van der Waals surface area contributed by atoms with Crippen molar-refractivity contribution in [3.05, 3.63) is 0 Å². The van der Waals surface area contributed by atoms with Crippen molar-refractivity contribution >= 4 is 0 Å². The molecule has 2 unspecified atom stereocenters. The summed E-state index contributed by atoms with van der Waals surface area (Å²) >= 11 is 0. The van der Waals surface area contributed by atoms with Gasteiger partial charge in [-0.15, -0.1) is 0 Å². The number of nitrogens with zero attached hydrogens (tertiary/aromatic N) is 1. The highest BCUT2D eigenvalue weighted by molar-refractivity contribution is 4.95. The van der Waals surface area contributed by atoms with Crippen molar-refractivity contribution in [1.82, 2.24) is 10.2 Å².